The largest absolute Gasteiger partial charge is 0.362 e. The SMILES string of the molecule is CCCCCC(=O)N[C@@H](Nc1ccc(S(N)(=O)=O)cc1)C(Cl)(Cl)Cl. The molecule has 0 aromatic heterocycles. The molecule has 0 saturated heterocycles. The molecule has 1 aromatic rings. The average molecular weight is 417 g/mol. The van der Waals surface area contributed by atoms with Gasteiger partial charge in [-0.05, 0) is 30.7 Å². The molecule has 0 unspecified atom stereocenters. The maximum atomic E-state index is 11.9. The number of unbranched alkanes of at least 4 members (excludes halogenated alkanes) is 2. The first-order chi connectivity index (χ1) is 11.0. The number of sulfonamides is 1. The van der Waals surface area contributed by atoms with E-state index in [1.54, 1.807) is 0 Å². The summed E-state index contributed by atoms with van der Waals surface area (Å²) in [6, 6.07) is 5.56. The molecule has 10 heteroatoms. The lowest BCUT2D eigenvalue weighted by Gasteiger charge is -2.27. The van der Waals surface area contributed by atoms with Crippen molar-refractivity contribution in [2.45, 2.75) is 47.5 Å². The molecule has 0 saturated carbocycles. The maximum absolute atomic E-state index is 11.9. The van der Waals surface area contributed by atoms with E-state index in [-0.39, 0.29) is 10.8 Å². The van der Waals surface area contributed by atoms with Gasteiger partial charge < -0.3 is 10.6 Å². The number of carbonyl (C=O) groups excluding carboxylic acids is 1. The molecule has 0 aliphatic rings. The number of carbonyl (C=O) groups is 1. The van der Waals surface area contributed by atoms with Crippen molar-refractivity contribution in [3.8, 4) is 0 Å². The van der Waals surface area contributed by atoms with Crippen LogP contribution >= 0.6 is 34.8 Å². The second-order valence-electron chi connectivity index (χ2n) is 5.21. The Kier molecular flexibility index (Phi) is 8.08. The summed E-state index contributed by atoms with van der Waals surface area (Å²) < 4.78 is 20.7. The van der Waals surface area contributed by atoms with Gasteiger partial charge >= 0.3 is 0 Å². The maximum Gasteiger partial charge on any atom is 0.238 e. The monoisotopic (exact) mass is 415 g/mol. The van der Waals surface area contributed by atoms with Crippen molar-refractivity contribution in [3.63, 3.8) is 0 Å². The second-order valence-corrected chi connectivity index (χ2v) is 9.14. The summed E-state index contributed by atoms with van der Waals surface area (Å²) in [6.45, 7) is 2.04. The van der Waals surface area contributed by atoms with Gasteiger partial charge in [0.15, 0.2) is 0 Å². The first-order valence-electron chi connectivity index (χ1n) is 7.29. The Bertz CT molecular complexity index is 645. The van der Waals surface area contributed by atoms with E-state index < -0.39 is 20.0 Å². The van der Waals surface area contributed by atoms with Gasteiger partial charge in [0.1, 0.15) is 6.17 Å². The standard InChI is InChI=1S/C14H20Cl3N3O3S/c1-2-3-4-5-12(21)20-13(14(15,16)17)19-10-6-8-11(9-7-10)24(18,22)23/h6-9,13,19H,2-5H2,1H3,(H,20,21)(H2,18,22,23)/t13-/m1/s1. The van der Waals surface area contributed by atoms with E-state index in [4.69, 9.17) is 39.9 Å². The zero-order valence-electron chi connectivity index (χ0n) is 13.1. The minimum atomic E-state index is -3.78. The smallest absolute Gasteiger partial charge is 0.238 e. The lowest BCUT2D eigenvalue weighted by atomic mass is 10.2. The van der Waals surface area contributed by atoms with E-state index in [2.05, 4.69) is 10.6 Å². The Morgan fingerprint density at radius 2 is 1.79 bits per heavy atom. The number of benzene rings is 1. The van der Waals surface area contributed by atoms with Gasteiger partial charge in [-0.2, -0.15) is 0 Å². The van der Waals surface area contributed by atoms with Crippen molar-refractivity contribution >= 4 is 56.4 Å². The van der Waals surface area contributed by atoms with Crippen LogP contribution in [0, 0.1) is 0 Å². The average Bonchev–Trinajstić information content (AvgIpc) is 2.45. The Balaban J connectivity index is 2.78. The fourth-order valence-corrected chi connectivity index (χ4v) is 2.72. The van der Waals surface area contributed by atoms with Gasteiger partial charge in [0.05, 0.1) is 4.90 Å². The topological polar surface area (TPSA) is 101 Å². The van der Waals surface area contributed by atoms with E-state index in [9.17, 15) is 13.2 Å². The van der Waals surface area contributed by atoms with Crippen LogP contribution in [0.2, 0.25) is 0 Å². The third-order valence-corrected chi connectivity index (χ3v) is 4.72. The molecule has 0 spiro atoms. The summed E-state index contributed by atoms with van der Waals surface area (Å²) in [5.74, 6) is -0.242. The molecule has 1 amide bonds. The molecule has 24 heavy (non-hydrogen) atoms. The number of primary sulfonamides is 1. The van der Waals surface area contributed by atoms with Crippen molar-refractivity contribution < 1.29 is 13.2 Å². The van der Waals surface area contributed by atoms with E-state index in [1.807, 2.05) is 6.92 Å². The number of hydrogen-bond donors (Lipinski definition) is 3. The molecule has 136 valence electrons. The highest BCUT2D eigenvalue weighted by Crippen LogP contribution is 2.31. The molecule has 0 heterocycles. The van der Waals surface area contributed by atoms with Crippen LogP contribution in [-0.4, -0.2) is 24.3 Å². The van der Waals surface area contributed by atoms with Gasteiger partial charge in [-0.1, -0.05) is 54.6 Å². The van der Waals surface area contributed by atoms with Crippen molar-refractivity contribution in [3.05, 3.63) is 24.3 Å². The number of halogens is 3. The summed E-state index contributed by atoms with van der Waals surface area (Å²) >= 11 is 17.7. The van der Waals surface area contributed by atoms with Crippen molar-refractivity contribution in [1.82, 2.24) is 5.32 Å². The molecular formula is C14H20Cl3N3O3S. The fourth-order valence-electron chi connectivity index (χ4n) is 1.88. The Morgan fingerprint density at radius 3 is 2.25 bits per heavy atom. The summed E-state index contributed by atoms with van der Waals surface area (Å²) in [7, 11) is -3.78. The van der Waals surface area contributed by atoms with Gasteiger partial charge in [-0.15, -0.1) is 0 Å². The van der Waals surface area contributed by atoms with Crippen molar-refractivity contribution in [2.24, 2.45) is 5.14 Å². The molecule has 1 atom stereocenters. The van der Waals surface area contributed by atoms with Crippen LogP contribution in [-0.2, 0) is 14.8 Å². The summed E-state index contributed by atoms with van der Waals surface area (Å²) in [5.41, 5.74) is 0.465. The zero-order chi connectivity index (χ0) is 18.4. The molecule has 0 radical (unpaired) electrons. The molecular weight excluding hydrogens is 397 g/mol. The summed E-state index contributed by atoms with van der Waals surface area (Å²) in [4.78, 5) is 11.9. The van der Waals surface area contributed by atoms with Crippen LogP contribution < -0.4 is 15.8 Å². The first-order valence-corrected chi connectivity index (χ1v) is 9.97. The number of amides is 1. The number of nitrogens with one attached hydrogen (secondary N) is 2. The van der Waals surface area contributed by atoms with Crippen LogP contribution in [0.15, 0.2) is 29.2 Å². The van der Waals surface area contributed by atoms with Gasteiger partial charge in [0.25, 0.3) is 0 Å². The number of rotatable bonds is 8. The minimum Gasteiger partial charge on any atom is -0.362 e. The summed E-state index contributed by atoms with van der Waals surface area (Å²) in [6.07, 6.45) is 2.04. The molecule has 0 aliphatic carbocycles. The lowest BCUT2D eigenvalue weighted by Crippen LogP contribution is -2.49. The third kappa shape index (κ3) is 7.44. The number of alkyl halides is 3. The molecule has 0 bridgehead atoms. The second kappa shape index (κ2) is 9.10. The lowest BCUT2D eigenvalue weighted by molar-refractivity contribution is -0.121. The van der Waals surface area contributed by atoms with Crippen LogP contribution in [0.4, 0.5) is 5.69 Å². The first kappa shape index (κ1) is 21.3. The predicted molar refractivity (Wildman–Crippen MR) is 97.8 cm³/mol. The fraction of sp³-hybridized carbons (Fsp3) is 0.500. The number of nitrogens with two attached hydrogens (primary N) is 1. The number of anilines is 1. The Labute approximate surface area is 157 Å². The molecule has 0 aliphatic heterocycles. The normalized spacial score (nSPS) is 13.4. The van der Waals surface area contributed by atoms with E-state index in [0.29, 0.717) is 12.1 Å². The van der Waals surface area contributed by atoms with Crippen LogP contribution in [0.1, 0.15) is 32.6 Å². The Hall–Kier alpha value is -0.730. The predicted octanol–water partition coefficient (Wildman–Crippen LogP) is 3.14. The van der Waals surface area contributed by atoms with E-state index in [1.165, 1.54) is 24.3 Å². The van der Waals surface area contributed by atoms with Gasteiger partial charge in [-0.3, -0.25) is 4.79 Å². The molecule has 1 aromatic carbocycles. The van der Waals surface area contributed by atoms with Crippen LogP contribution in [0.5, 0.6) is 0 Å². The van der Waals surface area contributed by atoms with Gasteiger partial charge in [0.2, 0.25) is 19.7 Å². The van der Waals surface area contributed by atoms with Crippen molar-refractivity contribution in [1.29, 1.82) is 0 Å². The van der Waals surface area contributed by atoms with Gasteiger partial charge in [-0.25, -0.2) is 13.6 Å². The summed E-state index contributed by atoms with van der Waals surface area (Å²) in [5, 5.41) is 10.5. The van der Waals surface area contributed by atoms with Crippen LogP contribution in [0.25, 0.3) is 0 Å². The Morgan fingerprint density at radius 1 is 1.21 bits per heavy atom. The highest BCUT2D eigenvalue weighted by molar-refractivity contribution is 7.89. The van der Waals surface area contributed by atoms with E-state index >= 15 is 0 Å². The van der Waals surface area contributed by atoms with Gasteiger partial charge in [0, 0.05) is 12.1 Å². The minimum absolute atomic E-state index is 0.0397. The van der Waals surface area contributed by atoms with Crippen molar-refractivity contribution in [2.75, 3.05) is 5.32 Å². The molecule has 6 nitrogen and oxygen atoms in total. The zero-order valence-corrected chi connectivity index (χ0v) is 16.1. The quantitative estimate of drug-likeness (QED) is 0.344. The highest BCUT2D eigenvalue weighted by Gasteiger charge is 2.33. The van der Waals surface area contributed by atoms with Crippen LogP contribution in [0.3, 0.4) is 0 Å². The highest BCUT2D eigenvalue weighted by atomic mass is 35.6. The van der Waals surface area contributed by atoms with E-state index in [0.717, 1.165) is 19.3 Å². The molecule has 4 N–H and O–H groups in total. The molecule has 1 rings (SSSR count). The molecule has 0 fully saturated rings. The number of hydrogen-bond acceptors (Lipinski definition) is 4. The third-order valence-electron chi connectivity index (χ3n) is 3.13.